The molecule has 3 N–H and O–H groups in total. The molecule has 9 heteroatoms. The second-order valence-corrected chi connectivity index (χ2v) is 8.31. The predicted molar refractivity (Wildman–Crippen MR) is 98.8 cm³/mol. The number of carbonyl (C=O) groups is 3. The number of fused-ring (bicyclic) bond motifs is 1. The minimum atomic E-state index is -0.576. The molecule has 0 saturated carbocycles. The third-order valence-electron chi connectivity index (χ3n) is 5.61. The number of aliphatic hydroxyl groups excluding tert-OH is 1. The van der Waals surface area contributed by atoms with Crippen molar-refractivity contribution in [2.45, 2.75) is 43.9 Å². The van der Waals surface area contributed by atoms with Crippen molar-refractivity contribution in [3.05, 3.63) is 0 Å². The summed E-state index contributed by atoms with van der Waals surface area (Å²) in [5.41, 5.74) is 0. The summed E-state index contributed by atoms with van der Waals surface area (Å²) in [5.74, 6) is 1.12. The van der Waals surface area contributed by atoms with E-state index in [1.54, 1.807) is 11.8 Å². The average molecular weight is 385 g/mol. The van der Waals surface area contributed by atoms with Gasteiger partial charge in [0.2, 0.25) is 11.8 Å². The van der Waals surface area contributed by atoms with Crippen molar-refractivity contribution >= 4 is 29.6 Å². The number of piperidine rings is 1. The molecule has 3 saturated heterocycles. The van der Waals surface area contributed by atoms with Crippen molar-refractivity contribution in [2.24, 2.45) is 5.92 Å². The van der Waals surface area contributed by atoms with E-state index in [4.69, 9.17) is 0 Å². The largest absolute Gasteiger partial charge is 0.393 e. The SMILES string of the molecule is CSCC[C@@H](O)CC(=O)N1CC[C@@H]2[C@@H](CCN2C(=O)[C@H]2CNC(=O)N2)C1. The number of carbonyl (C=O) groups excluding carboxylic acids is 3. The van der Waals surface area contributed by atoms with Gasteiger partial charge in [0, 0.05) is 32.2 Å². The predicted octanol–water partition coefficient (Wildman–Crippen LogP) is -0.379. The van der Waals surface area contributed by atoms with Crippen molar-refractivity contribution in [3.8, 4) is 0 Å². The molecule has 8 nitrogen and oxygen atoms in total. The quantitative estimate of drug-likeness (QED) is 0.580. The molecule has 3 aliphatic heterocycles. The van der Waals surface area contributed by atoms with E-state index in [1.165, 1.54) is 0 Å². The number of likely N-dealkylation sites (tertiary alicyclic amines) is 2. The van der Waals surface area contributed by atoms with E-state index in [-0.39, 0.29) is 36.2 Å². The Balaban J connectivity index is 1.50. The molecule has 0 spiro atoms. The van der Waals surface area contributed by atoms with Crippen molar-refractivity contribution < 1.29 is 19.5 Å². The molecule has 4 amide bonds. The minimum Gasteiger partial charge on any atom is -0.393 e. The molecule has 0 aromatic heterocycles. The molecule has 3 aliphatic rings. The fraction of sp³-hybridized carbons (Fsp3) is 0.824. The third-order valence-corrected chi connectivity index (χ3v) is 6.25. The smallest absolute Gasteiger partial charge is 0.315 e. The molecular formula is C17H28N4O4S. The highest BCUT2D eigenvalue weighted by Gasteiger charge is 2.44. The van der Waals surface area contributed by atoms with Crippen molar-refractivity contribution in [3.63, 3.8) is 0 Å². The summed E-state index contributed by atoms with van der Waals surface area (Å²) in [4.78, 5) is 40.1. The number of nitrogens with one attached hydrogen (secondary N) is 2. The van der Waals surface area contributed by atoms with Gasteiger partial charge in [-0.05, 0) is 37.2 Å². The first kappa shape index (κ1) is 19.3. The van der Waals surface area contributed by atoms with E-state index < -0.39 is 12.1 Å². The number of hydrogen-bond acceptors (Lipinski definition) is 5. The highest BCUT2D eigenvalue weighted by Crippen LogP contribution is 2.32. The van der Waals surface area contributed by atoms with Crippen LogP contribution < -0.4 is 10.6 Å². The van der Waals surface area contributed by atoms with Crippen molar-refractivity contribution in [1.29, 1.82) is 0 Å². The molecule has 0 unspecified atom stereocenters. The first-order valence-electron chi connectivity index (χ1n) is 9.29. The Morgan fingerprint density at radius 2 is 2.15 bits per heavy atom. The summed E-state index contributed by atoms with van der Waals surface area (Å²) in [5, 5.41) is 15.3. The van der Waals surface area contributed by atoms with Gasteiger partial charge in [-0.1, -0.05) is 0 Å². The maximum atomic E-state index is 12.7. The molecule has 3 fully saturated rings. The van der Waals surface area contributed by atoms with Crippen LogP contribution in [0, 0.1) is 5.92 Å². The molecule has 0 radical (unpaired) electrons. The third kappa shape index (κ3) is 4.25. The fourth-order valence-electron chi connectivity index (χ4n) is 4.18. The molecule has 0 aromatic carbocycles. The van der Waals surface area contributed by atoms with Gasteiger partial charge in [-0.3, -0.25) is 9.59 Å². The van der Waals surface area contributed by atoms with Gasteiger partial charge in [-0.25, -0.2) is 4.79 Å². The summed E-state index contributed by atoms with van der Waals surface area (Å²) in [6, 6.07) is -0.627. The number of urea groups is 1. The molecule has 4 atom stereocenters. The lowest BCUT2D eigenvalue weighted by Crippen LogP contribution is -2.53. The maximum Gasteiger partial charge on any atom is 0.315 e. The number of amides is 4. The van der Waals surface area contributed by atoms with Crippen LogP contribution in [0.5, 0.6) is 0 Å². The molecule has 26 heavy (non-hydrogen) atoms. The summed E-state index contributed by atoms with van der Waals surface area (Å²) in [6.07, 6.45) is 3.86. The van der Waals surface area contributed by atoms with Crippen LogP contribution in [-0.4, -0.2) is 89.1 Å². The van der Waals surface area contributed by atoms with Gasteiger partial charge >= 0.3 is 6.03 Å². The lowest BCUT2D eigenvalue weighted by atomic mass is 9.92. The van der Waals surface area contributed by atoms with E-state index in [1.807, 2.05) is 16.1 Å². The Kier molecular flexibility index (Phi) is 6.29. The van der Waals surface area contributed by atoms with Gasteiger partial charge in [0.05, 0.1) is 12.5 Å². The van der Waals surface area contributed by atoms with E-state index >= 15 is 0 Å². The number of hydrogen-bond donors (Lipinski definition) is 3. The lowest BCUT2D eigenvalue weighted by molar-refractivity contribution is -0.137. The summed E-state index contributed by atoms with van der Waals surface area (Å²) >= 11 is 1.67. The van der Waals surface area contributed by atoms with Gasteiger partial charge in [0.1, 0.15) is 6.04 Å². The monoisotopic (exact) mass is 384 g/mol. The van der Waals surface area contributed by atoms with Gasteiger partial charge in [-0.15, -0.1) is 0 Å². The highest BCUT2D eigenvalue weighted by atomic mass is 32.2. The Morgan fingerprint density at radius 3 is 2.85 bits per heavy atom. The molecule has 3 rings (SSSR count). The first-order chi connectivity index (χ1) is 12.5. The first-order valence-corrected chi connectivity index (χ1v) is 10.7. The minimum absolute atomic E-state index is 0.00841. The van der Waals surface area contributed by atoms with Crippen LogP contribution in [0.3, 0.4) is 0 Å². The molecule has 3 heterocycles. The number of nitrogens with zero attached hydrogens (tertiary/aromatic N) is 2. The van der Waals surface area contributed by atoms with E-state index in [2.05, 4.69) is 10.6 Å². The van der Waals surface area contributed by atoms with Crippen LogP contribution >= 0.6 is 11.8 Å². The normalized spacial score (nSPS) is 29.2. The van der Waals surface area contributed by atoms with Crippen LogP contribution in [0.4, 0.5) is 4.79 Å². The highest BCUT2D eigenvalue weighted by molar-refractivity contribution is 7.98. The molecule has 0 bridgehead atoms. The second-order valence-electron chi connectivity index (χ2n) is 7.32. The molecular weight excluding hydrogens is 356 g/mol. The fourth-order valence-corrected chi connectivity index (χ4v) is 4.68. The van der Waals surface area contributed by atoms with Gasteiger partial charge in [-0.2, -0.15) is 11.8 Å². The molecule has 146 valence electrons. The number of rotatable bonds is 6. The Morgan fingerprint density at radius 1 is 1.35 bits per heavy atom. The summed E-state index contributed by atoms with van der Waals surface area (Å²) in [7, 11) is 0. The Hall–Kier alpha value is -1.48. The Bertz CT molecular complexity index is 561. The zero-order valence-corrected chi connectivity index (χ0v) is 16.0. The summed E-state index contributed by atoms with van der Waals surface area (Å²) < 4.78 is 0. The lowest BCUT2D eigenvalue weighted by Gasteiger charge is -2.38. The van der Waals surface area contributed by atoms with Crippen LogP contribution in [0.25, 0.3) is 0 Å². The van der Waals surface area contributed by atoms with Crippen molar-refractivity contribution in [1.82, 2.24) is 20.4 Å². The van der Waals surface area contributed by atoms with E-state index in [9.17, 15) is 19.5 Å². The number of aliphatic hydroxyl groups is 1. The zero-order chi connectivity index (χ0) is 18.7. The second kappa shape index (κ2) is 8.47. The van der Waals surface area contributed by atoms with Gasteiger partial charge in [0.25, 0.3) is 0 Å². The van der Waals surface area contributed by atoms with E-state index in [0.717, 1.165) is 18.6 Å². The zero-order valence-electron chi connectivity index (χ0n) is 15.1. The van der Waals surface area contributed by atoms with E-state index in [0.29, 0.717) is 32.6 Å². The van der Waals surface area contributed by atoms with Crippen LogP contribution in [0.15, 0.2) is 0 Å². The maximum absolute atomic E-state index is 12.7. The van der Waals surface area contributed by atoms with Crippen molar-refractivity contribution in [2.75, 3.05) is 38.2 Å². The molecule has 0 aliphatic carbocycles. The average Bonchev–Trinajstić information content (AvgIpc) is 3.25. The van der Waals surface area contributed by atoms with Crippen LogP contribution in [0.2, 0.25) is 0 Å². The van der Waals surface area contributed by atoms with Gasteiger partial charge in [0.15, 0.2) is 0 Å². The topological polar surface area (TPSA) is 102 Å². The molecule has 0 aromatic rings. The van der Waals surface area contributed by atoms with Crippen LogP contribution in [0.1, 0.15) is 25.7 Å². The van der Waals surface area contributed by atoms with Gasteiger partial charge < -0.3 is 25.5 Å². The standard InChI is InChI=1S/C17H28N4O4S/c1-26-7-4-12(22)8-15(23)20-5-3-14-11(10-20)2-6-21(14)16(24)13-9-18-17(25)19-13/h11-14,22H,2-10H2,1H3,(H2,18,19,25)/t11-,12+,13+,14+/m0/s1. The summed E-state index contributed by atoms with van der Waals surface area (Å²) in [6.45, 7) is 2.29. The number of thioether (sulfide) groups is 1. The Labute approximate surface area is 158 Å². The van der Waals surface area contributed by atoms with Crippen LogP contribution in [-0.2, 0) is 9.59 Å².